The van der Waals surface area contributed by atoms with E-state index in [1.807, 2.05) is 48.7 Å². The first-order valence-electron chi connectivity index (χ1n) is 19.3. The molecule has 5 aromatic rings. The predicted octanol–water partition coefficient (Wildman–Crippen LogP) is 6.55. The number of carbonyl (C=O) groups excluding carboxylic acids is 4. The minimum absolute atomic E-state index is 0.0154. The lowest BCUT2D eigenvalue weighted by Gasteiger charge is -2.34. The average molecular weight is 775 g/mol. The van der Waals surface area contributed by atoms with Crippen LogP contribution in [-0.4, -0.2) is 95.1 Å². The van der Waals surface area contributed by atoms with Gasteiger partial charge >= 0.3 is 6.03 Å². The number of benzene rings is 3. The lowest BCUT2D eigenvalue weighted by molar-refractivity contribution is -0.131. The Kier molecular flexibility index (Phi) is 10.3. The number of amides is 5. The Morgan fingerprint density at radius 2 is 1.70 bits per heavy atom. The van der Waals surface area contributed by atoms with Crippen LogP contribution >= 0.6 is 0 Å². The van der Waals surface area contributed by atoms with Crippen molar-refractivity contribution in [2.75, 3.05) is 56.6 Å². The van der Waals surface area contributed by atoms with E-state index in [9.17, 15) is 19.2 Å². The number of nitrogens with one attached hydrogen (secondary N) is 2. The maximum atomic E-state index is 16.5. The van der Waals surface area contributed by atoms with Gasteiger partial charge in [0, 0.05) is 101 Å². The average Bonchev–Trinajstić information content (AvgIpc) is 3.92. The number of H-pyrrole nitrogens is 1. The summed E-state index contributed by atoms with van der Waals surface area (Å²) in [6.07, 6.45) is 8.01. The molecule has 2 N–H and O–H groups in total. The van der Waals surface area contributed by atoms with Crippen LogP contribution in [0.15, 0.2) is 79.1 Å². The number of aryl methyl sites for hydroxylation is 1. The number of fused-ring (bicyclic) bond motifs is 1. The van der Waals surface area contributed by atoms with Crippen molar-refractivity contribution in [3.8, 4) is 11.1 Å². The van der Waals surface area contributed by atoms with Gasteiger partial charge in [-0.3, -0.25) is 29.3 Å². The summed E-state index contributed by atoms with van der Waals surface area (Å²) in [5.74, 6) is -1.45. The van der Waals surface area contributed by atoms with Gasteiger partial charge in [-0.2, -0.15) is 5.10 Å². The first kappa shape index (κ1) is 37.6. The van der Waals surface area contributed by atoms with Crippen LogP contribution in [0.5, 0.6) is 0 Å². The molecule has 3 aliphatic heterocycles. The summed E-state index contributed by atoms with van der Waals surface area (Å²) >= 11 is 0. The Labute approximate surface area is 328 Å². The highest BCUT2D eigenvalue weighted by molar-refractivity contribution is 6.06. The lowest BCUT2D eigenvalue weighted by Crippen LogP contribution is -2.49. The number of nitrogens with zero attached hydrogens (tertiary/aromatic N) is 6. The molecular weight excluding hydrogens is 731 g/mol. The number of carbonyl (C=O) groups is 4. The highest BCUT2D eigenvalue weighted by atomic mass is 19.1. The molecule has 3 aliphatic rings. The standard InChI is InChI=1S/C43H44F2N8O4/c1-49(2)42(56)37-25-35-33(24-34(40(45)41(35)47-37)29-5-3-17-51(26-29)39(55)15-21-52-18-4-16-46-52)27-6-8-30(9-7-27)50-19-12-28(13-20-50)32-11-10-31(23-36(32)44)53-22-14-38(54)48-43(53)57/h4-11,16,18,23-25,28,47H,3,12-15,17,19-22,26H2,1-2H3,(H,48,54,57). The summed E-state index contributed by atoms with van der Waals surface area (Å²) in [6, 6.07) is 17.7. The zero-order chi connectivity index (χ0) is 39.8. The van der Waals surface area contributed by atoms with Crippen LogP contribution in [-0.2, 0) is 16.1 Å². The minimum Gasteiger partial charge on any atom is -0.371 e. The van der Waals surface area contributed by atoms with Crippen molar-refractivity contribution in [2.24, 2.45) is 0 Å². The van der Waals surface area contributed by atoms with Gasteiger partial charge in [0.15, 0.2) is 5.82 Å². The molecule has 0 spiro atoms. The molecule has 2 saturated heterocycles. The molecule has 5 heterocycles. The maximum Gasteiger partial charge on any atom is 0.328 e. The van der Waals surface area contributed by atoms with Crippen molar-refractivity contribution in [2.45, 2.75) is 44.6 Å². The van der Waals surface area contributed by atoms with Crippen LogP contribution < -0.4 is 15.1 Å². The number of hydrogen-bond acceptors (Lipinski definition) is 6. The van der Waals surface area contributed by atoms with Gasteiger partial charge in [0.1, 0.15) is 11.5 Å². The Morgan fingerprint density at radius 3 is 2.40 bits per heavy atom. The lowest BCUT2D eigenvalue weighted by atomic mass is 9.88. The number of halogens is 2. The first-order chi connectivity index (χ1) is 27.5. The minimum atomic E-state index is -0.543. The molecule has 0 radical (unpaired) electrons. The third-order valence-corrected chi connectivity index (χ3v) is 11.3. The summed E-state index contributed by atoms with van der Waals surface area (Å²) in [5, 5.41) is 7.05. The zero-order valence-corrected chi connectivity index (χ0v) is 31.9. The summed E-state index contributed by atoms with van der Waals surface area (Å²) in [6.45, 7) is 2.92. The summed E-state index contributed by atoms with van der Waals surface area (Å²) in [5.41, 5.74) is 5.26. The predicted molar refractivity (Wildman–Crippen MR) is 214 cm³/mol. The monoisotopic (exact) mass is 774 g/mol. The van der Waals surface area contributed by atoms with E-state index in [0.29, 0.717) is 60.4 Å². The zero-order valence-electron chi connectivity index (χ0n) is 31.9. The fourth-order valence-corrected chi connectivity index (χ4v) is 8.17. The van der Waals surface area contributed by atoms with Gasteiger partial charge in [-0.05, 0) is 89.9 Å². The molecule has 5 amide bonds. The number of anilines is 2. The van der Waals surface area contributed by atoms with Crippen LogP contribution in [0.1, 0.15) is 59.6 Å². The molecule has 0 saturated carbocycles. The van der Waals surface area contributed by atoms with Gasteiger partial charge in [-0.1, -0.05) is 24.3 Å². The molecule has 12 nitrogen and oxygen atoms in total. The van der Waals surface area contributed by atoms with Crippen molar-refractivity contribution in [3.05, 3.63) is 108 Å². The first-order valence-corrected chi connectivity index (χ1v) is 19.3. The molecule has 8 rings (SSSR count). The highest BCUT2D eigenvalue weighted by Gasteiger charge is 2.29. The number of urea groups is 1. The van der Waals surface area contributed by atoms with Crippen molar-refractivity contribution < 1.29 is 28.0 Å². The van der Waals surface area contributed by atoms with E-state index in [-0.39, 0.29) is 66.6 Å². The van der Waals surface area contributed by atoms with Crippen LogP contribution in [0, 0.1) is 11.6 Å². The van der Waals surface area contributed by atoms with E-state index in [4.69, 9.17) is 0 Å². The Bertz CT molecular complexity index is 2380. The van der Waals surface area contributed by atoms with E-state index < -0.39 is 11.8 Å². The second-order valence-corrected chi connectivity index (χ2v) is 15.1. The molecule has 57 heavy (non-hydrogen) atoms. The quantitative estimate of drug-likeness (QED) is 0.175. The normalized spacial score (nSPS) is 16.6. The fourth-order valence-electron chi connectivity index (χ4n) is 8.17. The maximum absolute atomic E-state index is 16.5. The number of aromatic nitrogens is 3. The fraction of sp³-hybridized carbons (Fsp3) is 0.326. The number of imide groups is 1. The molecule has 0 aliphatic carbocycles. The smallest absolute Gasteiger partial charge is 0.328 e. The Hall–Kier alpha value is -6.31. The molecule has 14 heteroatoms. The van der Waals surface area contributed by atoms with Crippen molar-refractivity contribution in [1.29, 1.82) is 0 Å². The van der Waals surface area contributed by atoms with E-state index in [2.05, 4.69) is 20.3 Å². The van der Waals surface area contributed by atoms with E-state index in [1.54, 1.807) is 48.1 Å². The second kappa shape index (κ2) is 15.7. The number of rotatable bonds is 9. The second-order valence-electron chi connectivity index (χ2n) is 15.1. The Balaban J connectivity index is 1.01. The van der Waals surface area contributed by atoms with Crippen LogP contribution in [0.25, 0.3) is 27.6 Å². The summed E-state index contributed by atoms with van der Waals surface area (Å²) in [7, 11) is 3.30. The topological polar surface area (TPSA) is 127 Å². The molecule has 3 aromatic carbocycles. The van der Waals surface area contributed by atoms with Gasteiger partial charge in [-0.15, -0.1) is 0 Å². The van der Waals surface area contributed by atoms with Gasteiger partial charge in [0.2, 0.25) is 11.8 Å². The molecule has 2 fully saturated rings. The van der Waals surface area contributed by atoms with E-state index in [0.717, 1.165) is 29.7 Å². The van der Waals surface area contributed by atoms with E-state index in [1.165, 1.54) is 15.9 Å². The van der Waals surface area contributed by atoms with E-state index >= 15 is 8.78 Å². The number of hydrogen-bond donors (Lipinski definition) is 2. The molecule has 0 atom stereocenters. The Morgan fingerprint density at radius 1 is 0.930 bits per heavy atom. The van der Waals surface area contributed by atoms with Gasteiger partial charge < -0.3 is 19.7 Å². The third kappa shape index (κ3) is 7.63. The molecule has 2 aromatic heterocycles. The van der Waals surface area contributed by atoms with Gasteiger partial charge in [-0.25, -0.2) is 13.6 Å². The SMILES string of the molecule is CN(C)C(=O)c1cc2c(-c3ccc(N4CCC(c5ccc(N6CCC(=O)NC6=O)cc5F)CC4)cc3)cc(C3=CCCN(C(=O)CCn4cccn4)C3)c(F)c2[nH]1. The van der Waals surface area contributed by atoms with Crippen LogP contribution in [0.2, 0.25) is 0 Å². The summed E-state index contributed by atoms with van der Waals surface area (Å²) in [4.78, 5) is 60.0. The molecular formula is C43H44F2N8O4. The van der Waals surface area contributed by atoms with Gasteiger partial charge in [0.25, 0.3) is 5.91 Å². The molecule has 0 bridgehead atoms. The highest BCUT2D eigenvalue weighted by Crippen LogP contribution is 2.39. The summed E-state index contributed by atoms with van der Waals surface area (Å²) < 4.78 is 33.7. The largest absolute Gasteiger partial charge is 0.371 e. The third-order valence-electron chi connectivity index (χ3n) is 11.3. The van der Waals surface area contributed by atoms with Crippen molar-refractivity contribution in [3.63, 3.8) is 0 Å². The van der Waals surface area contributed by atoms with Gasteiger partial charge in [0.05, 0.1) is 5.52 Å². The van der Waals surface area contributed by atoms with Crippen LogP contribution in [0.4, 0.5) is 25.0 Å². The number of aromatic amines is 1. The molecule has 0 unspecified atom stereocenters. The van der Waals surface area contributed by atoms with Crippen molar-refractivity contribution in [1.82, 2.24) is 29.9 Å². The molecule has 294 valence electrons. The van der Waals surface area contributed by atoms with Crippen molar-refractivity contribution >= 4 is 51.6 Å². The number of piperidine rings is 1. The van der Waals surface area contributed by atoms with Crippen LogP contribution in [0.3, 0.4) is 0 Å².